The summed E-state index contributed by atoms with van der Waals surface area (Å²) in [6.07, 6.45) is 1.15. The Balaban J connectivity index is 1.78. The van der Waals surface area contributed by atoms with Crippen molar-refractivity contribution in [1.29, 1.82) is 0 Å². The topological polar surface area (TPSA) is 71.0 Å². The number of rotatable bonds is 5. The van der Waals surface area contributed by atoms with Crippen LogP contribution < -0.4 is 0 Å². The average molecular weight is 518 g/mol. The largest absolute Gasteiger partial charge is 0.510 e. The number of halogens is 1. The van der Waals surface area contributed by atoms with E-state index in [9.17, 15) is 5.11 Å². The Labute approximate surface area is 219 Å². The van der Waals surface area contributed by atoms with E-state index in [-0.39, 0.29) is 5.76 Å². The fraction of sp³-hybridized carbons (Fsp3) is 0.241. The maximum atomic E-state index is 10.7. The predicted molar refractivity (Wildman–Crippen MR) is 150 cm³/mol. The van der Waals surface area contributed by atoms with E-state index in [0.717, 1.165) is 59.8 Å². The lowest BCUT2D eigenvalue weighted by Gasteiger charge is -2.30. The van der Waals surface area contributed by atoms with Crippen molar-refractivity contribution in [3.05, 3.63) is 82.8 Å². The second kappa shape index (κ2) is 9.04. The lowest BCUT2D eigenvalue weighted by atomic mass is 9.90. The van der Waals surface area contributed by atoms with Crippen LogP contribution in [0.25, 0.3) is 42.9 Å². The maximum Gasteiger partial charge on any atom is 0.140 e. The van der Waals surface area contributed by atoms with Gasteiger partial charge in [0.2, 0.25) is 0 Å². The first-order valence-electron chi connectivity index (χ1n) is 11.7. The molecule has 7 heteroatoms. The molecule has 5 rings (SSSR count). The van der Waals surface area contributed by atoms with Gasteiger partial charge in [-0.3, -0.25) is 0 Å². The number of aliphatic hydroxyl groups excluding tert-OH is 1. The van der Waals surface area contributed by atoms with Crippen molar-refractivity contribution in [1.82, 2.24) is 15.0 Å². The molecule has 0 bridgehead atoms. The molecular weight excluding hydrogens is 490 g/mol. The number of aryl methyl sites for hydroxylation is 2. The summed E-state index contributed by atoms with van der Waals surface area (Å²) < 4.78 is 7.34. The zero-order valence-corrected chi connectivity index (χ0v) is 22.5. The van der Waals surface area contributed by atoms with Crippen molar-refractivity contribution in [2.24, 2.45) is 0 Å². The molecule has 1 atom stereocenters. The summed E-state index contributed by atoms with van der Waals surface area (Å²) in [5.41, 5.74) is 7.03. The maximum absolute atomic E-state index is 10.7. The Morgan fingerprint density at radius 3 is 2.50 bits per heavy atom. The molecule has 3 heterocycles. The van der Waals surface area contributed by atoms with Crippen LogP contribution in [0.4, 0.5) is 0 Å². The normalized spacial score (nSPS) is 12.9. The quantitative estimate of drug-likeness (QED) is 0.229. The number of aromatic amines is 1. The molecule has 2 aromatic carbocycles. The predicted octanol–water partition coefficient (Wildman–Crippen LogP) is 8.70. The van der Waals surface area contributed by atoms with E-state index in [1.54, 1.807) is 11.3 Å². The molecule has 0 radical (unpaired) electrons. The minimum absolute atomic E-state index is 0.0372. The number of aromatic nitrogens is 3. The molecule has 0 saturated carbocycles. The van der Waals surface area contributed by atoms with E-state index < -0.39 is 11.7 Å². The molecule has 3 aromatic heterocycles. The number of nitrogens with one attached hydrogen (secondary N) is 1. The van der Waals surface area contributed by atoms with Gasteiger partial charge in [-0.1, -0.05) is 30.3 Å². The van der Waals surface area contributed by atoms with Gasteiger partial charge in [0.25, 0.3) is 0 Å². The molecule has 36 heavy (non-hydrogen) atoms. The fourth-order valence-electron chi connectivity index (χ4n) is 4.49. The zero-order chi connectivity index (χ0) is 25.8. The van der Waals surface area contributed by atoms with Gasteiger partial charge >= 0.3 is 0 Å². The first kappa shape index (κ1) is 24.5. The third-order valence-corrected chi connectivity index (χ3v) is 7.34. The molecule has 0 amide bonds. The molecule has 5 nitrogen and oxygen atoms in total. The average Bonchev–Trinajstić information content (AvgIpc) is 3.38. The van der Waals surface area contributed by atoms with Crippen LogP contribution in [0.15, 0.2) is 61.0 Å². The number of thiazole rings is 1. The van der Waals surface area contributed by atoms with Crippen molar-refractivity contribution < 1.29 is 9.84 Å². The second-order valence-corrected chi connectivity index (χ2v) is 11.5. The molecule has 0 aliphatic rings. The number of pyridine rings is 1. The van der Waals surface area contributed by atoms with Crippen LogP contribution in [0.2, 0.25) is 5.02 Å². The highest BCUT2D eigenvalue weighted by Crippen LogP contribution is 2.45. The number of H-pyrrole nitrogens is 1. The van der Waals surface area contributed by atoms with Crippen LogP contribution in [-0.2, 0) is 4.74 Å². The number of fused-ring (bicyclic) bond motifs is 2. The van der Waals surface area contributed by atoms with Crippen LogP contribution in [0.5, 0.6) is 0 Å². The van der Waals surface area contributed by atoms with Gasteiger partial charge in [-0.25, -0.2) is 9.97 Å². The van der Waals surface area contributed by atoms with Crippen LogP contribution in [0, 0.1) is 13.8 Å². The molecule has 0 spiro atoms. The van der Waals surface area contributed by atoms with E-state index in [1.807, 2.05) is 65.1 Å². The fourth-order valence-corrected chi connectivity index (χ4v) is 5.72. The van der Waals surface area contributed by atoms with E-state index in [1.165, 1.54) is 0 Å². The number of benzene rings is 2. The molecule has 0 aliphatic heterocycles. The Morgan fingerprint density at radius 1 is 1.11 bits per heavy atom. The molecular formula is C29H28ClN3O2S. The third kappa shape index (κ3) is 4.64. The summed E-state index contributed by atoms with van der Waals surface area (Å²) in [5, 5.41) is 13.2. The molecule has 2 N–H and O–H groups in total. The van der Waals surface area contributed by atoms with Crippen molar-refractivity contribution in [2.45, 2.75) is 46.3 Å². The van der Waals surface area contributed by atoms with Gasteiger partial charge in [-0.2, -0.15) is 0 Å². The molecule has 0 aliphatic carbocycles. The van der Waals surface area contributed by atoms with E-state index in [0.29, 0.717) is 5.02 Å². The van der Waals surface area contributed by atoms with E-state index in [2.05, 4.69) is 34.7 Å². The summed E-state index contributed by atoms with van der Waals surface area (Å²) in [4.78, 5) is 12.9. The smallest absolute Gasteiger partial charge is 0.140 e. The van der Waals surface area contributed by atoms with Crippen molar-refractivity contribution in [3.63, 3.8) is 0 Å². The number of ether oxygens (including phenoxy) is 1. The summed E-state index contributed by atoms with van der Waals surface area (Å²) >= 11 is 7.82. The first-order valence-corrected chi connectivity index (χ1v) is 12.9. The van der Waals surface area contributed by atoms with Gasteiger partial charge in [0, 0.05) is 39.0 Å². The van der Waals surface area contributed by atoms with Crippen LogP contribution in [0.1, 0.15) is 43.7 Å². The number of hydrogen-bond acceptors (Lipinski definition) is 5. The highest BCUT2D eigenvalue weighted by atomic mass is 35.5. The standard InChI is InChI=1S/C29H28ClN3O2S/c1-15-11-22-26(36-28(33-22)20-13-19-12-16(2)32-27(19)31-14-20)24(18-7-9-21(30)10-8-18)23(15)25(17(3)34)35-29(4,5)6/h7-14,25,34H,3H2,1-2,4-6H3,(H,31,32)/t25-/m1/s1. The minimum Gasteiger partial charge on any atom is -0.510 e. The lowest BCUT2D eigenvalue weighted by Crippen LogP contribution is -2.24. The van der Waals surface area contributed by atoms with Gasteiger partial charge in [0.05, 0.1) is 15.8 Å². The Kier molecular flexibility index (Phi) is 6.15. The van der Waals surface area contributed by atoms with E-state index in [4.69, 9.17) is 21.3 Å². The summed E-state index contributed by atoms with van der Waals surface area (Å²) in [6.45, 7) is 13.8. The Morgan fingerprint density at radius 2 is 1.83 bits per heavy atom. The van der Waals surface area contributed by atoms with Crippen molar-refractivity contribution in [3.8, 4) is 21.7 Å². The minimum atomic E-state index is -0.702. The number of nitrogens with zero attached hydrogens (tertiary/aromatic N) is 2. The third-order valence-electron chi connectivity index (χ3n) is 5.95. The first-order chi connectivity index (χ1) is 17.0. The number of aliphatic hydroxyl groups is 1. The van der Waals surface area contributed by atoms with Gasteiger partial charge in [-0.15, -0.1) is 11.3 Å². The number of hydrogen-bond donors (Lipinski definition) is 2. The van der Waals surface area contributed by atoms with Gasteiger partial charge in [0.1, 0.15) is 22.5 Å². The second-order valence-electron chi connectivity index (χ2n) is 10.1. The molecule has 184 valence electrons. The van der Waals surface area contributed by atoms with Gasteiger partial charge < -0.3 is 14.8 Å². The van der Waals surface area contributed by atoms with Crippen LogP contribution in [0.3, 0.4) is 0 Å². The molecule has 5 aromatic rings. The zero-order valence-electron chi connectivity index (χ0n) is 20.9. The van der Waals surface area contributed by atoms with Gasteiger partial charge in [0.15, 0.2) is 0 Å². The van der Waals surface area contributed by atoms with Gasteiger partial charge in [-0.05, 0) is 76.1 Å². The SMILES string of the molecule is C=C(O)[C@@H](OC(C)(C)C)c1c(C)cc2nc(-c3cnc4[nH]c(C)cc4c3)sc2c1-c1ccc(Cl)cc1. The summed E-state index contributed by atoms with van der Waals surface area (Å²) in [6, 6.07) is 14.0. The summed E-state index contributed by atoms with van der Waals surface area (Å²) in [5.74, 6) is -0.0372. The molecule has 0 fully saturated rings. The highest BCUT2D eigenvalue weighted by Gasteiger charge is 2.29. The lowest BCUT2D eigenvalue weighted by molar-refractivity contribution is -0.0594. The Hall–Kier alpha value is -3.19. The molecule has 0 saturated heterocycles. The van der Waals surface area contributed by atoms with Crippen molar-refractivity contribution in [2.75, 3.05) is 0 Å². The summed E-state index contributed by atoms with van der Waals surface area (Å²) in [7, 11) is 0. The molecule has 0 unspecified atom stereocenters. The van der Waals surface area contributed by atoms with Crippen LogP contribution >= 0.6 is 22.9 Å². The highest BCUT2D eigenvalue weighted by molar-refractivity contribution is 7.22. The van der Waals surface area contributed by atoms with Crippen LogP contribution in [-0.4, -0.2) is 25.7 Å². The monoisotopic (exact) mass is 517 g/mol. The van der Waals surface area contributed by atoms with Crippen molar-refractivity contribution >= 4 is 44.2 Å². The Bertz CT molecular complexity index is 1610. The van der Waals surface area contributed by atoms with E-state index >= 15 is 0 Å².